The molecule has 1 aliphatic rings. The SMILES string of the molecule is CNCC1CCCCN(C(C)C)C1c1ccc(F)cc1F. The lowest BCUT2D eigenvalue weighted by Gasteiger charge is -2.38. The molecule has 1 heterocycles. The van der Waals surface area contributed by atoms with Crippen molar-refractivity contribution in [1.82, 2.24) is 10.2 Å². The molecular formula is C17H26F2N2. The predicted octanol–water partition coefficient (Wildman–Crippen LogP) is 3.74. The quantitative estimate of drug-likeness (QED) is 0.910. The van der Waals surface area contributed by atoms with Crippen LogP contribution in [0.4, 0.5) is 8.78 Å². The van der Waals surface area contributed by atoms with Crippen LogP contribution in [0.5, 0.6) is 0 Å². The van der Waals surface area contributed by atoms with E-state index in [9.17, 15) is 8.78 Å². The Bertz CT molecular complexity index is 462. The molecule has 1 N–H and O–H groups in total. The third-order valence-electron chi connectivity index (χ3n) is 4.46. The molecule has 118 valence electrons. The first kappa shape index (κ1) is 16.4. The van der Waals surface area contributed by atoms with Crippen molar-refractivity contribution in [2.24, 2.45) is 5.92 Å². The molecule has 1 fully saturated rings. The summed E-state index contributed by atoms with van der Waals surface area (Å²) in [6, 6.07) is 4.36. The first-order chi connectivity index (χ1) is 10.0. The molecule has 1 aliphatic heterocycles. The lowest BCUT2D eigenvalue weighted by atomic mass is 9.88. The lowest BCUT2D eigenvalue weighted by molar-refractivity contribution is 0.115. The van der Waals surface area contributed by atoms with Crippen LogP contribution in [0.15, 0.2) is 18.2 Å². The van der Waals surface area contributed by atoms with E-state index in [1.165, 1.54) is 6.07 Å². The Labute approximate surface area is 126 Å². The molecule has 1 aromatic rings. The summed E-state index contributed by atoms with van der Waals surface area (Å²) in [6.45, 7) is 6.12. The summed E-state index contributed by atoms with van der Waals surface area (Å²) in [5, 5.41) is 3.23. The molecular weight excluding hydrogens is 270 g/mol. The first-order valence-corrected chi connectivity index (χ1v) is 7.90. The summed E-state index contributed by atoms with van der Waals surface area (Å²) in [6.07, 6.45) is 3.37. The van der Waals surface area contributed by atoms with Crippen molar-refractivity contribution in [1.29, 1.82) is 0 Å². The van der Waals surface area contributed by atoms with Gasteiger partial charge < -0.3 is 5.32 Å². The average Bonchev–Trinajstić information content (AvgIpc) is 2.62. The highest BCUT2D eigenvalue weighted by atomic mass is 19.1. The normalized spacial score (nSPS) is 24.3. The van der Waals surface area contributed by atoms with Gasteiger partial charge in [0.2, 0.25) is 0 Å². The van der Waals surface area contributed by atoms with Gasteiger partial charge in [-0.3, -0.25) is 4.90 Å². The molecule has 2 unspecified atom stereocenters. The van der Waals surface area contributed by atoms with Crippen LogP contribution in [0.25, 0.3) is 0 Å². The minimum atomic E-state index is -0.508. The van der Waals surface area contributed by atoms with Gasteiger partial charge >= 0.3 is 0 Å². The van der Waals surface area contributed by atoms with Gasteiger partial charge in [0.15, 0.2) is 0 Å². The van der Waals surface area contributed by atoms with Crippen molar-refractivity contribution >= 4 is 0 Å². The van der Waals surface area contributed by atoms with Crippen molar-refractivity contribution in [2.45, 2.75) is 45.2 Å². The Morgan fingerprint density at radius 3 is 2.67 bits per heavy atom. The molecule has 2 atom stereocenters. The molecule has 0 amide bonds. The van der Waals surface area contributed by atoms with E-state index >= 15 is 0 Å². The van der Waals surface area contributed by atoms with Crippen LogP contribution in [0.3, 0.4) is 0 Å². The number of nitrogens with zero attached hydrogens (tertiary/aromatic N) is 1. The highest BCUT2D eigenvalue weighted by Crippen LogP contribution is 2.37. The second-order valence-corrected chi connectivity index (χ2v) is 6.26. The Balaban J connectivity index is 2.42. The maximum Gasteiger partial charge on any atom is 0.130 e. The summed E-state index contributed by atoms with van der Waals surface area (Å²) in [5.74, 6) is -0.584. The Hall–Kier alpha value is -1.00. The molecule has 21 heavy (non-hydrogen) atoms. The van der Waals surface area contributed by atoms with Crippen molar-refractivity contribution < 1.29 is 8.78 Å². The van der Waals surface area contributed by atoms with E-state index < -0.39 is 11.6 Å². The van der Waals surface area contributed by atoms with Crippen molar-refractivity contribution in [3.8, 4) is 0 Å². The third kappa shape index (κ3) is 3.80. The molecule has 0 bridgehead atoms. The summed E-state index contributed by atoms with van der Waals surface area (Å²) in [4.78, 5) is 2.37. The van der Waals surface area contributed by atoms with E-state index in [0.29, 0.717) is 17.5 Å². The molecule has 0 aromatic heterocycles. The minimum Gasteiger partial charge on any atom is -0.319 e. The molecule has 0 aliphatic carbocycles. The lowest BCUT2D eigenvalue weighted by Crippen LogP contribution is -2.40. The van der Waals surface area contributed by atoms with Gasteiger partial charge in [-0.2, -0.15) is 0 Å². The van der Waals surface area contributed by atoms with Crippen LogP contribution in [0.1, 0.15) is 44.7 Å². The number of halogens is 2. The smallest absolute Gasteiger partial charge is 0.130 e. The number of benzene rings is 1. The van der Waals surface area contributed by atoms with Gasteiger partial charge in [0.25, 0.3) is 0 Å². The second-order valence-electron chi connectivity index (χ2n) is 6.26. The molecule has 2 nitrogen and oxygen atoms in total. The Morgan fingerprint density at radius 2 is 2.05 bits per heavy atom. The van der Waals surface area contributed by atoms with Crippen LogP contribution < -0.4 is 5.32 Å². The number of hydrogen-bond acceptors (Lipinski definition) is 2. The maximum absolute atomic E-state index is 14.3. The minimum absolute atomic E-state index is 0.0144. The van der Waals surface area contributed by atoms with Crippen LogP contribution in [0.2, 0.25) is 0 Å². The molecule has 2 rings (SSSR count). The fourth-order valence-electron chi connectivity index (χ4n) is 3.50. The number of hydrogen-bond donors (Lipinski definition) is 1. The van der Waals surface area contributed by atoms with Gasteiger partial charge in [-0.05, 0) is 58.8 Å². The van der Waals surface area contributed by atoms with E-state index in [4.69, 9.17) is 0 Å². The largest absolute Gasteiger partial charge is 0.319 e. The fraction of sp³-hybridized carbons (Fsp3) is 0.647. The molecule has 4 heteroatoms. The maximum atomic E-state index is 14.3. The van der Waals surface area contributed by atoms with Gasteiger partial charge in [-0.1, -0.05) is 12.5 Å². The zero-order chi connectivity index (χ0) is 15.4. The summed E-state index contributed by atoms with van der Waals surface area (Å²) in [7, 11) is 1.93. The van der Waals surface area contributed by atoms with E-state index in [0.717, 1.165) is 38.4 Å². The first-order valence-electron chi connectivity index (χ1n) is 7.90. The monoisotopic (exact) mass is 296 g/mol. The van der Waals surface area contributed by atoms with Gasteiger partial charge in [-0.15, -0.1) is 0 Å². The Morgan fingerprint density at radius 1 is 1.29 bits per heavy atom. The highest BCUT2D eigenvalue weighted by molar-refractivity contribution is 5.23. The topological polar surface area (TPSA) is 15.3 Å². The zero-order valence-corrected chi connectivity index (χ0v) is 13.2. The number of rotatable bonds is 4. The van der Waals surface area contributed by atoms with Crippen LogP contribution in [0, 0.1) is 17.6 Å². The van der Waals surface area contributed by atoms with Crippen LogP contribution >= 0.6 is 0 Å². The standard InChI is InChI=1S/C17H26F2N2/c1-12(2)21-9-5-4-6-13(11-20-3)17(21)15-8-7-14(18)10-16(15)19/h7-8,10,12-13,17,20H,4-6,9,11H2,1-3H3. The molecule has 1 aromatic carbocycles. The number of nitrogens with one attached hydrogen (secondary N) is 1. The van der Waals surface area contributed by atoms with Gasteiger partial charge in [0.1, 0.15) is 11.6 Å². The average molecular weight is 296 g/mol. The number of likely N-dealkylation sites (tertiary alicyclic amines) is 1. The van der Waals surface area contributed by atoms with E-state index in [1.54, 1.807) is 6.07 Å². The summed E-state index contributed by atoms with van der Waals surface area (Å²) in [5.41, 5.74) is 0.632. The molecule has 0 saturated carbocycles. The highest BCUT2D eigenvalue weighted by Gasteiger charge is 2.33. The van der Waals surface area contributed by atoms with E-state index in [-0.39, 0.29) is 6.04 Å². The Kier molecular flexibility index (Phi) is 5.71. The van der Waals surface area contributed by atoms with Gasteiger partial charge in [0.05, 0.1) is 0 Å². The van der Waals surface area contributed by atoms with Gasteiger partial charge in [-0.25, -0.2) is 8.78 Å². The summed E-state index contributed by atoms with van der Waals surface area (Å²) >= 11 is 0. The zero-order valence-electron chi connectivity index (χ0n) is 13.2. The molecule has 0 spiro atoms. The van der Waals surface area contributed by atoms with Crippen molar-refractivity contribution in [2.75, 3.05) is 20.1 Å². The summed E-state index contributed by atoms with van der Waals surface area (Å²) < 4.78 is 27.6. The van der Waals surface area contributed by atoms with E-state index in [2.05, 4.69) is 24.1 Å². The molecule has 0 radical (unpaired) electrons. The van der Waals surface area contributed by atoms with Gasteiger partial charge in [0, 0.05) is 23.7 Å². The van der Waals surface area contributed by atoms with Crippen molar-refractivity contribution in [3.05, 3.63) is 35.4 Å². The molecule has 1 saturated heterocycles. The second kappa shape index (κ2) is 7.32. The van der Waals surface area contributed by atoms with Crippen LogP contribution in [-0.4, -0.2) is 31.1 Å². The predicted molar refractivity (Wildman–Crippen MR) is 82.2 cm³/mol. The third-order valence-corrected chi connectivity index (χ3v) is 4.46. The van der Waals surface area contributed by atoms with E-state index in [1.807, 2.05) is 7.05 Å². The fourth-order valence-corrected chi connectivity index (χ4v) is 3.50. The van der Waals surface area contributed by atoms with Crippen LogP contribution in [-0.2, 0) is 0 Å². The van der Waals surface area contributed by atoms with Crippen molar-refractivity contribution in [3.63, 3.8) is 0 Å².